The van der Waals surface area contributed by atoms with Gasteiger partial charge in [0.05, 0.1) is 34.6 Å². The van der Waals surface area contributed by atoms with Gasteiger partial charge in [-0.05, 0) is 61.4 Å². The number of nitrogens with one attached hydrogen (secondary N) is 1. The van der Waals surface area contributed by atoms with Crippen LogP contribution in [0.1, 0.15) is 59.8 Å². The summed E-state index contributed by atoms with van der Waals surface area (Å²) in [5.41, 5.74) is 6.29. The topological polar surface area (TPSA) is 76.5 Å². The molecule has 5 rings (SSSR count). The molecule has 0 bridgehead atoms. The molecule has 9 heteroatoms. The zero-order chi connectivity index (χ0) is 31.5. The Labute approximate surface area is 268 Å². The minimum atomic E-state index is -0.151. The SMILES string of the molecule is CCc1cccc(CC)c1-n1c(CC(C)C)c(C(=O)N2CCNCC2)cc(-c2nc(-c3ccc(Cl)c(OC)c3)c(C)s2)c1=O. The molecule has 0 radical (unpaired) electrons. The number of methoxy groups -OCH3 is 1. The molecule has 1 aliphatic rings. The highest BCUT2D eigenvalue weighted by atomic mass is 35.5. The molecule has 0 saturated carbocycles. The number of ether oxygens (including phenoxy) is 1. The number of carbonyl (C=O) groups excluding carboxylic acids is 1. The van der Waals surface area contributed by atoms with Crippen molar-refractivity contribution in [2.24, 2.45) is 5.92 Å². The van der Waals surface area contributed by atoms with Crippen molar-refractivity contribution in [2.45, 2.75) is 53.9 Å². The fourth-order valence-electron chi connectivity index (χ4n) is 5.94. The van der Waals surface area contributed by atoms with E-state index in [9.17, 15) is 9.59 Å². The number of benzene rings is 2. The summed E-state index contributed by atoms with van der Waals surface area (Å²) >= 11 is 7.77. The van der Waals surface area contributed by atoms with Crippen LogP contribution in [0.4, 0.5) is 0 Å². The van der Waals surface area contributed by atoms with Crippen LogP contribution in [-0.2, 0) is 19.3 Å². The van der Waals surface area contributed by atoms with Gasteiger partial charge >= 0.3 is 0 Å². The number of aryl methyl sites for hydroxylation is 3. The molecule has 1 saturated heterocycles. The largest absolute Gasteiger partial charge is 0.495 e. The maximum atomic E-state index is 14.8. The van der Waals surface area contributed by atoms with Gasteiger partial charge in [0.2, 0.25) is 0 Å². The van der Waals surface area contributed by atoms with Crippen molar-refractivity contribution in [2.75, 3.05) is 33.3 Å². The number of carbonyl (C=O) groups is 1. The van der Waals surface area contributed by atoms with Crippen LogP contribution in [0.3, 0.4) is 0 Å². The third kappa shape index (κ3) is 6.21. The molecular weight excluding hydrogens is 592 g/mol. The van der Waals surface area contributed by atoms with E-state index >= 15 is 0 Å². The summed E-state index contributed by atoms with van der Waals surface area (Å²) in [7, 11) is 1.58. The summed E-state index contributed by atoms with van der Waals surface area (Å²) in [5, 5.41) is 4.45. The number of para-hydroxylation sites is 1. The van der Waals surface area contributed by atoms with Gasteiger partial charge in [0.15, 0.2) is 0 Å². The van der Waals surface area contributed by atoms with Crippen molar-refractivity contribution < 1.29 is 9.53 Å². The molecular formula is C35H41ClN4O3S. The molecule has 1 fully saturated rings. The molecule has 1 amide bonds. The molecule has 0 spiro atoms. The molecule has 2 aromatic carbocycles. The normalized spacial score (nSPS) is 13.5. The lowest BCUT2D eigenvalue weighted by Gasteiger charge is -2.30. The summed E-state index contributed by atoms with van der Waals surface area (Å²) < 4.78 is 7.31. The van der Waals surface area contributed by atoms with Gasteiger partial charge in [-0.25, -0.2) is 4.98 Å². The lowest BCUT2D eigenvalue weighted by atomic mass is 9.97. The average molecular weight is 633 g/mol. The summed E-state index contributed by atoms with van der Waals surface area (Å²) in [6.45, 7) is 13.2. The van der Waals surface area contributed by atoms with Crippen molar-refractivity contribution in [3.05, 3.63) is 85.1 Å². The fourth-order valence-corrected chi connectivity index (χ4v) is 7.08. The van der Waals surface area contributed by atoms with E-state index in [1.807, 2.05) is 34.6 Å². The molecule has 44 heavy (non-hydrogen) atoms. The smallest absolute Gasteiger partial charge is 0.265 e. The van der Waals surface area contributed by atoms with E-state index in [4.69, 9.17) is 21.3 Å². The number of halogens is 1. The van der Waals surface area contributed by atoms with Gasteiger partial charge in [0.1, 0.15) is 10.8 Å². The van der Waals surface area contributed by atoms with Crippen LogP contribution in [0.25, 0.3) is 27.5 Å². The van der Waals surface area contributed by atoms with Gasteiger partial charge in [-0.1, -0.05) is 63.6 Å². The van der Waals surface area contributed by atoms with Crippen LogP contribution < -0.4 is 15.6 Å². The average Bonchev–Trinajstić information content (AvgIpc) is 3.42. The first-order chi connectivity index (χ1) is 21.2. The minimum Gasteiger partial charge on any atom is -0.495 e. The number of amides is 1. The van der Waals surface area contributed by atoms with E-state index in [2.05, 4.69) is 51.2 Å². The van der Waals surface area contributed by atoms with Crippen molar-refractivity contribution >= 4 is 28.8 Å². The van der Waals surface area contributed by atoms with Crippen LogP contribution in [0.5, 0.6) is 5.75 Å². The van der Waals surface area contributed by atoms with E-state index in [-0.39, 0.29) is 17.4 Å². The lowest BCUT2D eigenvalue weighted by Crippen LogP contribution is -2.47. The number of piperazine rings is 1. The number of aromatic nitrogens is 2. The van der Waals surface area contributed by atoms with Gasteiger partial charge in [0.25, 0.3) is 11.5 Å². The molecule has 0 unspecified atom stereocenters. The molecule has 232 valence electrons. The van der Waals surface area contributed by atoms with E-state index in [1.165, 1.54) is 11.3 Å². The summed E-state index contributed by atoms with van der Waals surface area (Å²) in [6.07, 6.45) is 2.12. The third-order valence-electron chi connectivity index (χ3n) is 8.18. The maximum Gasteiger partial charge on any atom is 0.265 e. The standard InChI is InChI=1S/C35H41ClN4O3S/c1-7-23-10-9-11-24(8-2)32(23)40-29(18-21(3)4)26(34(41)39-16-14-37-15-17-39)20-27(35(40)42)33-38-31(22(5)44-33)25-12-13-28(36)30(19-25)43-6/h9-13,19-21,37H,7-8,14-18H2,1-6H3. The van der Waals surface area contributed by atoms with Crippen LogP contribution >= 0.6 is 22.9 Å². The second-order valence-corrected chi connectivity index (χ2v) is 13.2. The zero-order valence-electron chi connectivity index (χ0n) is 26.4. The minimum absolute atomic E-state index is 0.0416. The molecule has 1 N–H and O–H groups in total. The Balaban J connectivity index is 1.82. The highest BCUT2D eigenvalue weighted by Gasteiger charge is 2.29. The highest BCUT2D eigenvalue weighted by molar-refractivity contribution is 7.15. The van der Waals surface area contributed by atoms with Crippen LogP contribution in [0, 0.1) is 12.8 Å². The van der Waals surface area contributed by atoms with Gasteiger partial charge in [-0.15, -0.1) is 11.3 Å². The molecule has 4 aromatic rings. The molecule has 0 atom stereocenters. The first-order valence-electron chi connectivity index (χ1n) is 15.4. The Bertz CT molecular complexity index is 1710. The Hall–Kier alpha value is -3.46. The Kier molecular flexibility index (Phi) is 9.93. The molecule has 1 aliphatic heterocycles. The van der Waals surface area contributed by atoms with E-state index in [1.54, 1.807) is 13.2 Å². The fraction of sp³-hybridized carbons (Fsp3) is 0.400. The van der Waals surface area contributed by atoms with Gasteiger partial charge in [-0.3, -0.25) is 14.2 Å². The van der Waals surface area contributed by atoms with E-state index in [0.29, 0.717) is 46.4 Å². The Morgan fingerprint density at radius 1 is 1.09 bits per heavy atom. The quantitative estimate of drug-likeness (QED) is 0.216. The highest BCUT2D eigenvalue weighted by Crippen LogP contribution is 2.37. The number of thiazole rings is 1. The second kappa shape index (κ2) is 13.7. The van der Waals surface area contributed by atoms with Crippen molar-refractivity contribution in [3.63, 3.8) is 0 Å². The van der Waals surface area contributed by atoms with Crippen molar-refractivity contribution in [1.29, 1.82) is 0 Å². The predicted octanol–water partition coefficient (Wildman–Crippen LogP) is 6.97. The maximum absolute atomic E-state index is 14.8. The molecule has 2 aromatic heterocycles. The zero-order valence-corrected chi connectivity index (χ0v) is 28.0. The lowest BCUT2D eigenvalue weighted by molar-refractivity contribution is 0.0733. The van der Waals surface area contributed by atoms with Gasteiger partial charge in [0, 0.05) is 42.3 Å². The first kappa shape index (κ1) is 31.9. The number of nitrogens with zero attached hydrogens (tertiary/aromatic N) is 3. The number of hydrogen-bond acceptors (Lipinski definition) is 6. The van der Waals surface area contributed by atoms with Crippen molar-refractivity contribution in [1.82, 2.24) is 19.8 Å². The summed E-state index contributed by atoms with van der Waals surface area (Å²) in [6, 6.07) is 13.6. The van der Waals surface area contributed by atoms with E-state index in [0.717, 1.165) is 64.6 Å². The van der Waals surface area contributed by atoms with Gasteiger partial charge in [-0.2, -0.15) is 0 Å². The Morgan fingerprint density at radius 2 is 1.77 bits per heavy atom. The second-order valence-electron chi connectivity index (χ2n) is 11.6. The monoisotopic (exact) mass is 632 g/mol. The third-order valence-corrected chi connectivity index (χ3v) is 9.50. The van der Waals surface area contributed by atoms with Crippen LogP contribution in [-0.4, -0.2) is 53.6 Å². The summed E-state index contributed by atoms with van der Waals surface area (Å²) in [4.78, 5) is 37.0. The number of rotatable bonds is 9. The van der Waals surface area contributed by atoms with Crippen LogP contribution in [0.15, 0.2) is 47.3 Å². The predicted molar refractivity (Wildman–Crippen MR) is 181 cm³/mol. The number of pyridine rings is 1. The summed E-state index contributed by atoms with van der Waals surface area (Å²) in [5.74, 6) is 0.749. The molecule has 7 nitrogen and oxygen atoms in total. The first-order valence-corrected chi connectivity index (χ1v) is 16.6. The van der Waals surface area contributed by atoms with Crippen LogP contribution in [0.2, 0.25) is 5.02 Å². The Morgan fingerprint density at radius 3 is 2.39 bits per heavy atom. The molecule has 0 aliphatic carbocycles. The number of hydrogen-bond donors (Lipinski definition) is 1. The molecule has 3 heterocycles. The van der Waals surface area contributed by atoms with Crippen molar-refractivity contribution in [3.8, 4) is 33.3 Å². The van der Waals surface area contributed by atoms with E-state index < -0.39 is 0 Å². The van der Waals surface area contributed by atoms with Gasteiger partial charge < -0.3 is 15.0 Å².